The van der Waals surface area contributed by atoms with Crippen LogP contribution in [0.3, 0.4) is 0 Å². The third-order valence-corrected chi connectivity index (χ3v) is 5.15. The Kier molecular flexibility index (Phi) is 5.96. The van der Waals surface area contributed by atoms with E-state index in [9.17, 15) is 24.0 Å². The summed E-state index contributed by atoms with van der Waals surface area (Å²) in [6.45, 7) is 1.84. The van der Waals surface area contributed by atoms with Crippen molar-refractivity contribution in [3.05, 3.63) is 70.8 Å². The number of rotatable bonds is 7. The first kappa shape index (κ1) is 22.8. The van der Waals surface area contributed by atoms with Gasteiger partial charge in [0.05, 0.1) is 11.1 Å². The molecule has 0 aliphatic rings. The van der Waals surface area contributed by atoms with Crippen molar-refractivity contribution in [3.63, 3.8) is 0 Å². The summed E-state index contributed by atoms with van der Waals surface area (Å²) in [7, 11) is -1.64. The van der Waals surface area contributed by atoms with Gasteiger partial charge in [0, 0.05) is 17.6 Å². The second-order valence-electron chi connectivity index (χ2n) is 7.52. The highest BCUT2D eigenvalue weighted by Gasteiger charge is 2.20. The van der Waals surface area contributed by atoms with E-state index in [1.807, 2.05) is 0 Å². The van der Waals surface area contributed by atoms with Crippen LogP contribution in [0.2, 0.25) is 0 Å². The smallest absolute Gasteiger partial charge is 0.423 e. The van der Waals surface area contributed by atoms with Gasteiger partial charge in [-0.2, -0.15) is 4.98 Å². The molecule has 0 fully saturated rings. The number of carbonyl (C=O) groups is 2. The lowest BCUT2D eigenvalue weighted by Gasteiger charge is -2.12. The van der Waals surface area contributed by atoms with Gasteiger partial charge in [-0.15, -0.1) is 10.2 Å². The van der Waals surface area contributed by atoms with Gasteiger partial charge in [-0.1, -0.05) is 24.3 Å². The molecule has 0 aliphatic carbocycles. The number of benzene rings is 2. The van der Waals surface area contributed by atoms with Gasteiger partial charge >= 0.3 is 7.12 Å². The zero-order valence-electron chi connectivity index (χ0n) is 17.9. The van der Waals surface area contributed by atoms with Gasteiger partial charge in [0.25, 0.3) is 11.9 Å². The van der Waals surface area contributed by atoms with Crippen molar-refractivity contribution in [2.45, 2.75) is 13.5 Å². The Hall–Kier alpha value is -4.36. The summed E-state index contributed by atoms with van der Waals surface area (Å²) in [5.74, 6) is -2.32. The molecule has 0 spiro atoms. The normalized spacial score (nSPS) is 10.9. The van der Waals surface area contributed by atoms with Crippen LogP contribution >= 0.6 is 0 Å². The van der Waals surface area contributed by atoms with Gasteiger partial charge in [-0.25, -0.2) is 4.39 Å². The Morgan fingerprint density at radius 1 is 1.12 bits per heavy atom. The SMILES string of the molecule is Cc1cc2c(C(N)=O)cc(F)cc2n1-c1nnc(C(N)=O)c(NCc2cccc(B(O)O)c2)n1. The third-order valence-electron chi connectivity index (χ3n) is 5.15. The van der Waals surface area contributed by atoms with Gasteiger partial charge in [0.2, 0.25) is 5.91 Å². The number of anilines is 1. The van der Waals surface area contributed by atoms with Crippen molar-refractivity contribution in [3.8, 4) is 5.95 Å². The minimum Gasteiger partial charge on any atom is -0.423 e. The Bertz CT molecular complexity index is 1440. The molecule has 34 heavy (non-hydrogen) atoms. The van der Waals surface area contributed by atoms with Crippen LogP contribution in [-0.4, -0.2) is 48.7 Å². The summed E-state index contributed by atoms with van der Waals surface area (Å²) < 4.78 is 15.7. The maximum absolute atomic E-state index is 14.2. The zero-order valence-corrected chi connectivity index (χ0v) is 17.9. The summed E-state index contributed by atoms with van der Waals surface area (Å²) in [5, 5.41) is 29.9. The molecule has 7 N–H and O–H groups in total. The Balaban J connectivity index is 1.78. The molecule has 11 nitrogen and oxygen atoms in total. The van der Waals surface area contributed by atoms with Crippen molar-refractivity contribution >= 4 is 41.1 Å². The predicted octanol–water partition coefficient (Wildman–Crippen LogP) is -0.247. The van der Waals surface area contributed by atoms with E-state index in [1.54, 1.807) is 37.3 Å². The minimum atomic E-state index is -1.64. The number of carbonyl (C=O) groups excluding carboxylic acids is 2. The number of aryl methyl sites for hydroxylation is 1. The van der Waals surface area contributed by atoms with Gasteiger partial charge in [-0.3, -0.25) is 14.2 Å². The number of hydrogen-bond acceptors (Lipinski definition) is 8. The number of hydrogen-bond donors (Lipinski definition) is 5. The second kappa shape index (κ2) is 8.88. The number of nitrogens with two attached hydrogens (primary N) is 2. The molecule has 0 bridgehead atoms. The summed E-state index contributed by atoms with van der Waals surface area (Å²) in [4.78, 5) is 28.0. The molecule has 0 radical (unpaired) electrons. The first-order valence-corrected chi connectivity index (χ1v) is 10.0. The average molecular weight is 463 g/mol. The van der Waals surface area contributed by atoms with Crippen LogP contribution in [0.15, 0.2) is 42.5 Å². The topological polar surface area (TPSA) is 182 Å². The van der Waals surface area contributed by atoms with E-state index in [0.717, 1.165) is 6.07 Å². The molecule has 2 aromatic carbocycles. The molecule has 4 rings (SSSR count). The molecule has 172 valence electrons. The van der Waals surface area contributed by atoms with Crippen LogP contribution < -0.4 is 22.2 Å². The van der Waals surface area contributed by atoms with E-state index < -0.39 is 24.7 Å². The maximum Gasteiger partial charge on any atom is 0.488 e. The van der Waals surface area contributed by atoms with Crippen molar-refractivity contribution in [2.75, 3.05) is 5.32 Å². The van der Waals surface area contributed by atoms with E-state index in [1.165, 1.54) is 10.6 Å². The maximum atomic E-state index is 14.2. The summed E-state index contributed by atoms with van der Waals surface area (Å²) in [6, 6.07) is 10.4. The minimum absolute atomic E-state index is 0.000511. The fourth-order valence-corrected chi connectivity index (χ4v) is 3.62. The first-order valence-electron chi connectivity index (χ1n) is 10.0. The zero-order chi connectivity index (χ0) is 24.6. The molecule has 13 heteroatoms. The number of nitrogens with one attached hydrogen (secondary N) is 1. The molecule has 0 saturated heterocycles. The Morgan fingerprint density at radius 3 is 2.56 bits per heavy atom. The monoisotopic (exact) mass is 463 g/mol. The average Bonchev–Trinajstić information content (AvgIpc) is 3.12. The van der Waals surface area contributed by atoms with Crippen LogP contribution in [0.4, 0.5) is 10.2 Å². The molecule has 0 unspecified atom stereocenters. The second-order valence-corrected chi connectivity index (χ2v) is 7.52. The number of fused-ring (bicyclic) bond motifs is 1. The quantitative estimate of drug-likeness (QED) is 0.233. The Labute approximate surface area is 192 Å². The van der Waals surface area contributed by atoms with Gasteiger partial charge < -0.3 is 26.8 Å². The molecule has 0 atom stereocenters. The number of primary amides is 2. The molecule has 0 aliphatic heterocycles. The fraction of sp³-hybridized carbons (Fsp3) is 0.0952. The summed E-state index contributed by atoms with van der Waals surface area (Å²) in [5.41, 5.74) is 12.4. The Morgan fingerprint density at radius 2 is 1.88 bits per heavy atom. The van der Waals surface area contributed by atoms with Gasteiger partial charge in [0.15, 0.2) is 11.5 Å². The van der Waals surface area contributed by atoms with Crippen molar-refractivity contribution in [2.24, 2.45) is 11.5 Å². The lowest BCUT2D eigenvalue weighted by molar-refractivity contribution is 0.0989. The van der Waals surface area contributed by atoms with Gasteiger partial charge in [-0.05, 0) is 36.1 Å². The number of nitrogens with zero attached hydrogens (tertiary/aromatic N) is 4. The van der Waals surface area contributed by atoms with Crippen LogP contribution in [0.5, 0.6) is 0 Å². The number of aromatic nitrogens is 4. The van der Waals surface area contributed by atoms with Crippen molar-refractivity contribution in [1.82, 2.24) is 19.7 Å². The van der Waals surface area contributed by atoms with Crippen LogP contribution in [0.25, 0.3) is 16.9 Å². The molecule has 2 heterocycles. The molecule has 4 aromatic rings. The lowest BCUT2D eigenvalue weighted by atomic mass is 9.80. The van der Waals surface area contributed by atoms with Crippen molar-refractivity contribution < 1.29 is 24.0 Å². The predicted molar refractivity (Wildman–Crippen MR) is 122 cm³/mol. The largest absolute Gasteiger partial charge is 0.488 e. The summed E-state index contributed by atoms with van der Waals surface area (Å²) in [6.07, 6.45) is 0. The standard InChI is InChI=1S/C21H19BFN7O4/c1-10-5-14-15(18(24)31)7-13(23)8-16(14)30(10)21-27-20(17(19(25)32)28-29-21)26-9-11-3-2-4-12(6-11)22(33)34/h2-8,33-34H,9H2,1H3,(H2,24,31)(H2,25,32)(H,26,27,29). The molecular formula is C21H19BFN7O4. The number of amides is 2. The van der Waals surface area contributed by atoms with Crippen molar-refractivity contribution in [1.29, 1.82) is 0 Å². The van der Waals surface area contributed by atoms with Crippen LogP contribution in [0, 0.1) is 12.7 Å². The van der Waals surface area contributed by atoms with E-state index in [0.29, 0.717) is 16.6 Å². The van der Waals surface area contributed by atoms with E-state index in [2.05, 4.69) is 20.5 Å². The van der Waals surface area contributed by atoms with E-state index >= 15 is 0 Å². The highest BCUT2D eigenvalue weighted by molar-refractivity contribution is 6.58. The highest BCUT2D eigenvalue weighted by Crippen LogP contribution is 2.27. The molecule has 2 aromatic heterocycles. The lowest BCUT2D eigenvalue weighted by Crippen LogP contribution is -2.30. The fourth-order valence-electron chi connectivity index (χ4n) is 3.62. The highest BCUT2D eigenvalue weighted by atomic mass is 19.1. The molecule has 2 amide bonds. The number of halogens is 1. The van der Waals surface area contributed by atoms with Crippen LogP contribution in [0.1, 0.15) is 32.1 Å². The molecule has 0 saturated carbocycles. The van der Waals surface area contributed by atoms with E-state index in [4.69, 9.17) is 11.5 Å². The molecular weight excluding hydrogens is 444 g/mol. The summed E-state index contributed by atoms with van der Waals surface area (Å²) >= 11 is 0. The third kappa shape index (κ3) is 4.29. The van der Waals surface area contributed by atoms with Crippen LogP contribution in [-0.2, 0) is 6.54 Å². The van der Waals surface area contributed by atoms with E-state index in [-0.39, 0.29) is 40.5 Å². The first-order chi connectivity index (χ1) is 16.2. The van der Waals surface area contributed by atoms with Gasteiger partial charge in [0.1, 0.15) is 5.82 Å².